The van der Waals surface area contributed by atoms with Gasteiger partial charge in [-0.05, 0) is 43.9 Å². The van der Waals surface area contributed by atoms with E-state index in [4.69, 9.17) is 9.84 Å². The van der Waals surface area contributed by atoms with E-state index in [1.54, 1.807) is 30.2 Å². The summed E-state index contributed by atoms with van der Waals surface area (Å²) in [5.41, 5.74) is 1.21. The van der Waals surface area contributed by atoms with Crippen molar-refractivity contribution < 1.29 is 14.6 Å². The Balaban J connectivity index is 2.24. The highest BCUT2D eigenvalue weighted by atomic mass is 16.5. The standard InChI is InChI=1S/C17H21NO3/c1-12(13-6-7-13)18(2)17(20)15-8-9-16(21-3)14(11-15)5-4-10-19/h8-9,11-13,19H,6-7,10H2,1-3H3. The molecule has 2 rings (SSSR count). The molecule has 1 amide bonds. The largest absolute Gasteiger partial charge is 0.495 e. The number of carbonyl (C=O) groups is 1. The lowest BCUT2D eigenvalue weighted by Gasteiger charge is -2.25. The van der Waals surface area contributed by atoms with Crippen LogP contribution in [0.3, 0.4) is 0 Å². The van der Waals surface area contributed by atoms with Crippen molar-refractivity contribution in [3.05, 3.63) is 29.3 Å². The SMILES string of the molecule is COc1ccc(C(=O)N(C)C(C)C2CC2)cc1C#CCO. The summed E-state index contributed by atoms with van der Waals surface area (Å²) >= 11 is 0. The minimum atomic E-state index is -0.222. The first kappa shape index (κ1) is 15.4. The van der Waals surface area contributed by atoms with E-state index in [0.29, 0.717) is 22.8 Å². The van der Waals surface area contributed by atoms with Crippen LogP contribution in [-0.4, -0.2) is 42.7 Å². The number of nitrogens with zero attached hydrogens (tertiary/aromatic N) is 1. The van der Waals surface area contributed by atoms with Crippen molar-refractivity contribution in [2.45, 2.75) is 25.8 Å². The minimum Gasteiger partial charge on any atom is -0.495 e. The number of methoxy groups -OCH3 is 1. The number of rotatable bonds is 4. The summed E-state index contributed by atoms with van der Waals surface area (Å²) in [6, 6.07) is 5.47. The van der Waals surface area contributed by atoms with Crippen LogP contribution in [0, 0.1) is 17.8 Å². The molecule has 0 radical (unpaired) electrons. The third-order valence-corrected chi connectivity index (χ3v) is 3.98. The number of aliphatic hydroxyl groups is 1. The van der Waals surface area contributed by atoms with Crippen LogP contribution in [0.2, 0.25) is 0 Å². The lowest BCUT2D eigenvalue weighted by Crippen LogP contribution is -2.36. The van der Waals surface area contributed by atoms with Gasteiger partial charge in [-0.25, -0.2) is 0 Å². The van der Waals surface area contributed by atoms with Gasteiger partial charge in [0.2, 0.25) is 0 Å². The van der Waals surface area contributed by atoms with Gasteiger partial charge in [-0.15, -0.1) is 0 Å². The molecule has 112 valence electrons. The molecule has 0 spiro atoms. The summed E-state index contributed by atoms with van der Waals surface area (Å²) in [6.07, 6.45) is 2.41. The Morgan fingerprint density at radius 3 is 2.81 bits per heavy atom. The van der Waals surface area contributed by atoms with Crippen molar-refractivity contribution in [3.63, 3.8) is 0 Å². The number of carbonyl (C=O) groups excluding carboxylic acids is 1. The van der Waals surface area contributed by atoms with Gasteiger partial charge in [0, 0.05) is 18.7 Å². The Labute approximate surface area is 125 Å². The third kappa shape index (κ3) is 3.56. The monoisotopic (exact) mass is 287 g/mol. The predicted molar refractivity (Wildman–Crippen MR) is 81.2 cm³/mol. The van der Waals surface area contributed by atoms with E-state index in [0.717, 1.165) is 0 Å². The molecule has 0 aliphatic heterocycles. The average molecular weight is 287 g/mol. The van der Waals surface area contributed by atoms with E-state index in [1.165, 1.54) is 12.8 Å². The van der Waals surface area contributed by atoms with Crippen LogP contribution in [0.15, 0.2) is 18.2 Å². The lowest BCUT2D eigenvalue weighted by atomic mass is 10.1. The molecule has 21 heavy (non-hydrogen) atoms. The van der Waals surface area contributed by atoms with E-state index < -0.39 is 0 Å². The summed E-state index contributed by atoms with van der Waals surface area (Å²) in [7, 11) is 3.40. The van der Waals surface area contributed by atoms with E-state index in [2.05, 4.69) is 18.8 Å². The number of ether oxygens (including phenoxy) is 1. The molecule has 1 fully saturated rings. The van der Waals surface area contributed by atoms with E-state index in [9.17, 15) is 4.79 Å². The summed E-state index contributed by atoms with van der Waals surface area (Å²) in [6.45, 7) is 1.87. The second-order valence-electron chi connectivity index (χ2n) is 5.37. The summed E-state index contributed by atoms with van der Waals surface area (Å²) in [5, 5.41) is 8.81. The Morgan fingerprint density at radius 2 is 2.24 bits per heavy atom. The molecule has 1 N–H and O–H groups in total. The van der Waals surface area contributed by atoms with Crippen LogP contribution in [0.1, 0.15) is 35.7 Å². The first-order valence-corrected chi connectivity index (χ1v) is 7.13. The number of benzene rings is 1. The predicted octanol–water partition coefficient (Wildman–Crippen LogP) is 1.91. The number of hydrogen-bond acceptors (Lipinski definition) is 3. The van der Waals surface area contributed by atoms with Crippen LogP contribution in [0.5, 0.6) is 5.75 Å². The highest BCUT2D eigenvalue weighted by molar-refractivity contribution is 5.95. The topological polar surface area (TPSA) is 49.8 Å². The average Bonchev–Trinajstić information content (AvgIpc) is 3.35. The van der Waals surface area contributed by atoms with Gasteiger partial charge in [0.15, 0.2) is 0 Å². The minimum absolute atomic E-state index is 0.0101. The van der Waals surface area contributed by atoms with Crippen LogP contribution in [0.4, 0.5) is 0 Å². The van der Waals surface area contributed by atoms with Crippen molar-refractivity contribution in [1.29, 1.82) is 0 Å². The van der Waals surface area contributed by atoms with Crippen LogP contribution in [-0.2, 0) is 0 Å². The first-order valence-electron chi connectivity index (χ1n) is 7.13. The highest BCUT2D eigenvalue weighted by Gasteiger charge is 2.32. The molecule has 1 aliphatic carbocycles. The van der Waals surface area contributed by atoms with Crippen molar-refractivity contribution in [2.24, 2.45) is 5.92 Å². The van der Waals surface area contributed by atoms with Crippen molar-refractivity contribution in [1.82, 2.24) is 4.90 Å². The molecule has 4 heteroatoms. The van der Waals surface area contributed by atoms with Gasteiger partial charge < -0.3 is 14.7 Å². The Bertz CT molecular complexity index is 581. The molecule has 1 aliphatic rings. The molecule has 1 saturated carbocycles. The second kappa shape index (κ2) is 6.64. The van der Waals surface area contributed by atoms with E-state index >= 15 is 0 Å². The maximum atomic E-state index is 12.5. The summed E-state index contributed by atoms with van der Waals surface area (Å²) in [4.78, 5) is 14.3. The Morgan fingerprint density at radius 1 is 1.52 bits per heavy atom. The maximum absolute atomic E-state index is 12.5. The maximum Gasteiger partial charge on any atom is 0.253 e. The quantitative estimate of drug-likeness (QED) is 0.861. The van der Waals surface area contributed by atoms with Gasteiger partial charge in [0.1, 0.15) is 12.4 Å². The van der Waals surface area contributed by atoms with Gasteiger partial charge >= 0.3 is 0 Å². The van der Waals surface area contributed by atoms with Crippen LogP contribution >= 0.6 is 0 Å². The lowest BCUT2D eigenvalue weighted by molar-refractivity contribution is 0.0727. The van der Waals surface area contributed by atoms with E-state index in [1.807, 2.05) is 7.05 Å². The first-order chi connectivity index (χ1) is 10.1. The molecular weight excluding hydrogens is 266 g/mol. The normalized spacial score (nSPS) is 14.9. The summed E-state index contributed by atoms with van der Waals surface area (Å²) < 4.78 is 5.22. The summed E-state index contributed by atoms with van der Waals surface area (Å²) in [5.74, 6) is 6.63. The van der Waals surface area contributed by atoms with Gasteiger partial charge in [-0.2, -0.15) is 0 Å². The zero-order chi connectivity index (χ0) is 15.4. The molecule has 4 nitrogen and oxygen atoms in total. The van der Waals surface area contributed by atoms with Gasteiger partial charge in [-0.3, -0.25) is 4.79 Å². The fourth-order valence-electron chi connectivity index (χ4n) is 2.36. The van der Waals surface area contributed by atoms with Crippen LogP contribution < -0.4 is 4.74 Å². The molecule has 0 bridgehead atoms. The zero-order valence-corrected chi connectivity index (χ0v) is 12.7. The number of amides is 1. The van der Waals surface area contributed by atoms with Gasteiger partial charge in [0.05, 0.1) is 12.7 Å². The van der Waals surface area contributed by atoms with Gasteiger partial charge in [-0.1, -0.05) is 11.8 Å². The van der Waals surface area contributed by atoms with E-state index in [-0.39, 0.29) is 18.6 Å². The molecule has 0 heterocycles. The molecule has 1 unspecified atom stereocenters. The van der Waals surface area contributed by atoms with Crippen molar-refractivity contribution in [2.75, 3.05) is 20.8 Å². The zero-order valence-electron chi connectivity index (χ0n) is 12.7. The van der Waals surface area contributed by atoms with Crippen molar-refractivity contribution in [3.8, 4) is 17.6 Å². The molecular formula is C17H21NO3. The van der Waals surface area contributed by atoms with Gasteiger partial charge in [0.25, 0.3) is 5.91 Å². The number of aliphatic hydroxyl groups excluding tert-OH is 1. The molecule has 0 saturated heterocycles. The molecule has 1 atom stereocenters. The van der Waals surface area contributed by atoms with Crippen molar-refractivity contribution >= 4 is 5.91 Å². The molecule has 1 aromatic carbocycles. The highest BCUT2D eigenvalue weighted by Crippen LogP contribution is 2.35. The fraction of sp³-hybridized carbons (Fsp3) is 0.471. The number of hydrogen-bond donors (Lipinski definition) is 1. The molecule has 0 aromatic heterocycles. The second-order valence-corrected chi connectivity index (χ2v) is 5.37. The molecule has 1 aromatic rings. The Hall–Kier alpha value is -1.99. The smallest absolute Gasteiger partial charge is 0.253 e. The third-order valence-electron chi connectivity index (χ3n) is 3.98. The van der Waals surface area contributed by atoms with Crippen LogP contribution in [0.25, 0.3) is 0 Å². The fourth-order valence-corrected chi connectivity index (χ4v) is 2.36. The Kier molecular flexibility index (Phi) is 4.87.